The van der Waals surface area contributed by atoms with E-state index in [-0.39, 0.29) is 5.91 Å². The maximum Gasteiger partial charge on any atom is 0.237 e. The van der Waals surface area contributed by atoms with Crippen LogP contribution in [0.5, 0.6) is 0 Å². The lowest BCUT2D eigenvalue weighted by atomic mass is 9.97. The average molecular weight is 260 g/mol. The first kappa shape index (κ1) is 13.5. The lowest BCUT2D eigenvalue weighted by Crippen LogP contribution is -2.53. The summed E-state index contributed by atoms with van der Waals surface area (Å²) < 4.78 is 2.05. The first-order chi connectivity index (χ1) is 9.07. The van der Waals surface area contributed by atoms with Crippen molar-refractivity contribution in [2.24, 2.45) is 5.73 Å². The van der Waals surface area contributed by atoms with Crippen LogP contribution in [0, 0.1) is 0 Å². The molecule has 1 aromatic heterocycles. The van der Waals surface area contributed by atoms with Gasteiger partial charge in [-0.2, -0.15) is 0 Å². The molecule has 1 heterocycles. The van der Waals surface area contributed by atoms with Crippen LogP contribution in [0.25, 0.3) is 11.0 Å². The van der Waals surface area contributed by atoms with Gasteiger partial charge in [-0.15, -0.1) is 0 Å². The molecule has 0 aliphatic carbocycles. The molecule has 0 bridgehead atoms. The van der Waals surface area contributed by atoms with Crippen LogP contribution < -0.4 is 11.1 Å². The highest BCUT2D eigenvalue weighted by Gasteiger charge is 2.29. The van der Waals surface area contributed by atoms with Gasteiger partial charge in [0.25, 0.3) is 0 Å². The van der Waals surface area contributed by atoms with Crippen molar-refractivity contribution in [1.82, 2.24) is 14.9 Å². The van der Waals surface area contributed by atoms with Gasteiger partial charge in [0.15, 0.2) is 0 Å². The van der Waals surface area contributed by atoms with Gasteiger partial charge in [-0.3, -0.25) is 4.79 Å². The van der Waals surface area contributed by atoms with Gasteiger partial charge in [-0.25, -0.2) is 4.98 Å². The number of amides is 1. The number of para-hydroxylation sites is 2. The number of nitrogens with two attached hydrogens (primary N) is 1. The number of carbonyl (C=O) groups is 1. The summed E-state index contributed by atoms with van der Waals surface area (Å²) in [6.45, 7) is 5.23. The van der Waals surface area contributed by atoms with Crippen LogP contribution in [0.4, 0.5) is 0 Å². The molecule has 2 rings (SSSR count). The molecular formula is C14H20N4O. The number of hydrogen-bond acceptors (Lipinski definition) is 3. The Labute approximate surface area is 112 Å². The quantitative estimate of drug-likeness (QED) is 0.821. The number of fused-ring (bicyclic) bond motifs is 1. The number of aromatic nitrogens is 2. The molecule has 1 atom stereocenters. The second kappa shape index (κ2) is 5.40. The molecule has 0 aliphatic rings. The van der Waals surface area contributed by atoms with E-state index in [9.17, 15) is 4.79 Å². The molecule has 2 aromatic rings. The molecule has 0 spiro atoms. The van der Waals surface area contributed by atoms with Crippen LogP contribution in [-0.4, -0.2) is 27.5 Å². The number of nitrogens with zero attached hydrogens (tertiary/aromatic N) is 2. The summed E-state index contributed by atoms with van der Waals surface area (Å²) in [6, 6.07) is 7.95. The summed E-state index contributed by atoms with van der Waals surface area (Å²) in [4.78, 5) is 15.9. The Morgan fingerprint density at radius 3 is 2.89 bits per heavy atom. The Bertz CT molecular complexity index is 578. The summed E-state index contributed by atoms with van der Waals surface area (Å²) in [7, 11) is 0. The van der Waals surface area contributed by atoms with E-state index in [1.807, 2.05) is 42.7 Å². The predicted octanol–water partition coefficient (Wildman–Crippen LogP) is 1.28. The van der Waals surface area contributed by atoms with Crippen LogP contribution in [0.3, 0.4) is 0 Å². The van der Waals surface area contributed by atoms with Crippen LogP contribution in [0.15, 0.2) is 30.6 Å². The highest BCUT2D eigenvalue weighted by atomic mass is 16.1. The number of imidazole rings is 1. The van der Waals surface area contributed by atoms with E-state index in [0.29, 0.717) is 19.5 Å². The lowest BCUT2D eigenvalue weighted by Gasteiger charge is -2.27. The van der Waals surface area contributed by atoms with E-state index in [4.69, 9.17) is 5.73 Å². The van der Waals surface area contributed by atoms with Gasteiger partial charge in [-0.05, 0) is 32.0 Å². The summed E-state index contributed by atoms with van der Waals surface area (Å²) in [5.41, 5.74) is 6.84. The maximum absolute atomic E-state index is 11.6. The normalized spacial score (nSPS) is 14.4. The molecule has 1 aromatic carbocycles. The summed E-state index contributed by atoms with van der Waals surface area (Å²) >= 11 is 0. The van der Waals surface area contributed by atoms with Crippen molar-refractivity contribution in [3.8, 4) is 0 Å². The Hall–Kier alpha value is -1.88. The van der Waals surface area contributed by atoms with Crippen LogP contribution in [0.1, 0.15) is 20.3 Å². The summed E-state index contributed by atoms with van der Waals surface area (Å²) in [5.74, 6) is -0.321. The molecule has 5 nitrogen and oxygen atoms in total. The molecule has 3 N–H and O–H groups in total. The molecule has 102 valence electrons. The smallest absolute Gasteiger partial charge is 0.237 e. The fraction of sp³-hybridized carbons (Fsp3) is 0.429. The fourth-order valence-electron chi connectivity index (χ4n) is 2.22. The van der Waals surface area contributed by atoms with Crippen molar-refractivity contribution in [2.75, 3.05) is 6.54 Å². The minimum atomic E-state index is -0.680. The number of likely N-dealkylation sites (N-methyl/N-ethyl adjacent to an activating group) is 1. The molecule has 1 unspecified atom stereocenters. The first-order valence-corrected chi connectivity index (χ1v) is 6.51. The van der Waals surface area contributed by atoms with E-state index < -0.39 is 5.54 Å². The van der Waals surface area contributed by atoms with Crippen LogP contribution in [-0.2, 0) is 11.3 Å². The van der Waals surface area contributed by atoms with E-state index >= 15 is 0 Å². The van der Waals surface area contributed by atoms with E-state index in [0.717, 1.165) is 11.0 Å². The largest absolute Gasteiger partial charge is 0.368 e. The van der Waals surface area contributed by atoms with E-state index in [1.165, 1.54) is 0 Å². The third kappa shape index (κ3) is 2.76. The van der Waals surface area contributed by atoms with Gasteiger partial charge >= 0.3 is 0 Å². The van der Waals surface area contributed by atoms with Gasteiger partial charge in [-0.1, -0.05) is 19.1 Å². The number of rotatable bonds is 6. The number of nitrogens with one attached hydrogen (secondary N) is 1. The zero-order valence-electron chi connectivity index (χ0n) is 11.4. The van der Waals surface area contributed by atoms with Crippen LogP contribution >= 0.6 is 0 Å². The molecule has 0 radical (unpaired) electrons. The highest BCUT2D eigenvalue weighted by molar-refractivity contribution is 5.84. The van der Waals surface area contributed by atoms with Gasteiger partial charge in [0.2, 0.25) is 5.91 Å². The van der Waals surface area contributed by atoms with Crippen molar-refractivity contribution in [1.29, 1.82) is 0 Å². The monoisotopic (exact) mass is 260 g/mol. The number of carbonyl (C=O) groups excluding carboxylic acids is 1. The van der Waals surface area contributed by atoms with Crippen molar-refractivity contribution in [3.63, 3.8) is 0 Å². The standard InChI is InChI=1S/C14H20N4O/c1-3-17-14(2,13(15)19)8-9-18-10-16-11-6-4-5-7-12(11)18/h4-7,10,17H,3,8-9H2,1-2H3,(H2,15,19). The second-order valence-corrected chi connectivity index (χ2v) is 4.90. The predicted molar refractivity (Wildman–Crippen MR) is 75.6 cm³/mol. The Morgan fingerprint density at radius 2 is 2.21 bits per heavy atom. The Balaban J connectivity index is 2.15. The van der Waals surface area contributed by atoms with Crippen molar-refractivity contribution < 1.29 is 4.79 Å². The minimum Gasteiger partial charge on any atom is -0.368 e. The third-order valence-corrected chi connectivity index (χ3v) is 3.49. The van der Waals surface area contributed by atoms with E-state index in [2.05, 4.69) is 10.3 Å². The number of benzene rings is 1. The highest BCUT2D eigenvalue weighted by Crippen LogP contribution is 2.16. The van der Waals surface area contributed by atoms with Gasteiger partial charge in [0.05, 0.1) is 22.9 Å². The van der Waals surface area contributed by atoms with Crippen molar-refractivity contribution in [3.05, 3.63) is 30.6 Å². The molecule has 5 heteroatoms. The van der Waals surface area contributed by atoms with Gasteiger partial charge < -0.3 is 15.6 Å². The average Bonchev–Trinajstić information content (AvgIpc) is 2.80. The van der Waals surface area contributed by atoms with Crippen LogP contribution in [0.2, 0.25) is 0 Å². The molecule has 0 saturated heterocycles. The topological polar surface area (TPSA) is 72.9 Å². The summed E-state index contributed by atoms with van der Waals surface area (Å²) in [6.07, 6.45) is 2.44. The zero-order chi connectivity index (χ0) is 13.9. The molecule has 1 amide bonds. The first-order valence-electron chi connectivity index (χ1n) is 6.51. The fourth-order valence-corrected chi connectivity index (χ4v) is 2.22. The molecular weight excluding hydrogens is 240 g/mol. The number of primary amides is 1. The lowest BCUT2D eigenvalue weighted by molar-refractivity contribution is -0.124. The van der Waals surface area contributed by atoms with Crippen molar-refractivity contribution >= 4 is 16.9 Å². The number of hydrogen-bond donors (Lipinski definition) is 2. The number of aryl methyl sites for hydroxylation is 1. The van der Waals surface area contributed by atoms with Gasteiger partial charge in [0.1, 0.15) is 0 Å². The van der Waals surface area contributed by atoms with Gasteiger partial charge in [0, 0.05) is 6.54 Å². The molecule has 0 aliphatic heterocycles. The molecule has 19 heavy (non-hydrogen) atoms. The maximum atomic E-state index is 11.6. The Morgan fingerprint density at radius 1 is 1.47 bits per heavy atom. The molecule has 0 fully saturated rings. The third-order valence-electron chi connectivity index (χ3n) is 3.49. The SMILES string of the molecule is CCNC(C)(CCn1cnc2ccccc21)C(N)=O. The zero-order valence-corrected chi connectivity index (χ0v) is 11.4. The Kier molecular flexibility index (Phi) is 3.85. The summed E-state index contributed by atoms with van der Waals surface area (Å²) in [5, 5.41) is 3.16. The minimum absolute atomic E-state index is 0.321. The molecule has 0 saturated carbocycles. The second-order valence-electron chi connectivity index (χ2n) is 4.90. The van der Waals surface area contributed by atoms with E-state index in [1.54, 1.807) is 6.33 Å². The van der Waals surface area contributed by atoms with Crippen molar-refractivity contribution in [2.45, 2.75) is 32.4 Å².